The number of methoxy groups -OCH3 is 1. The Morgan fingerprint density at radius 1 is 1.24 bits per heavy atom. The summed E-state index contributed by atoms with van der Waals surface area (Å²) in [5.41, 5.74) is 3.25. The number of hydrogen-bond acceptors (Lipinski definition) is 4. The van der Waals surface area contributed by atoms with Gasteiger partial charge in [-0.15, -0.1) is 0 Å². The average molecular weight is 287 g/mol. The summed E-state index contributed by atoms with van der Waals surface area (Å²) in [7, 11) is 5.27. The molecule has 0 amide bonds. The first kappa shape index (κ1) is 15.1. The highest BCUT2D eigenvalue weighted by Crippen LogP contribution is 2.34. The topological polar surface area (TPSA) is 46.5 Å². The van der Waals surface area contributed by atoms with Gasteiger partial charge in [-0.3, -0.25) is 9.69 Å². The highest BCUT2D eigenvalue weighted by atomic mass is 16.4. The first-order valence-electron chi connectivity index (χ1n) is 6.83. The first-order chi connectivity index (χ1) is 10.2. The van der Waals surface area contributed by atoms with Crippen LogP contribution < -0.4 is 10.3 Å². The van der Waals surface area contributed by atoms with Crippen molar-refractivity contribution in [2.24, 2.45) is 0 Å². The maximum absolute atomic E-state index is 10.8. The number of nitrogens with one attached hydrogen (secondary N) is 1. The van der Waals surface area contributed by atoms with Crippen molar-refractivity contribution in [1.82, 2.24) is 4.68 Å². The molecular formula is C16H21N3O2. The summed E-state index contributed by atoms with van der Waals surface area (Å²) >= 11 is 0. The highest BCUT2D eigenvalue weighted by molar-refractivity contribution is 5.72. The molecule has 1 aromatic heterocycles. The van der Waals surface area contributed by atoms with Gasteiger partial charge in [-0.05, 0) is 24.3 Å². The zero-order valence-electron chi connectivity index (χ0n) is 12.6. The lowest BCUT2D eigenvalue weighted by molar-refractivity contribution is -0.108. The second kappa shape index (κ2) is 6.95. The summed E-state index contributed by atoms with van der Waals surface area (Å²) in [5, 5.41) is 5.53. The van der Waals surface area contributed by atoms with E-state index in [1.807, 2.05) is 43.6 Å². The number of rotatable bonds is 2. The molecule has 3 rings (SSSR count). The van der Waals surface area contributed by atoms with E-state index in [4.69, 9.17) is 0 Å². The standard InChI is InChI=1S/C14H15N3O.C2H6O/c1-16-13-6-3-2-5-11(13)15-12(8-10-18)14-7-4-9-17(14)16;1-3-2/h2-7,9-10,12,15H,8H2,1H3;1-2H3. The number of aldehydes is 1. The molecule has 1 N–H and O–H groups in total. The molecule has 1 aliphatic heterocycles. The first-order valence-corrected chi connectivity index (χ1v) is 6.83. The lowest BCUT2D eigenvalue weighted by Crippen LogP contribution is -2.25. The number of carbonyl (C=O) groups excluding carboxylic acids is 1. The molecular weight excluding hydrogens is 266 g/mol. The number of ether oxygens (including phenoxy) is 1. The predicted molar refractivity (Wildman–Crippen MR) is 84.7 cm³/mol. The third-order valence-corrected chi connectivity index (χ3v) is 3.35. The van der Waals surface area contributed by atoms with Crippen LogP contribution in [0.25, 0.3) is 0 Å². The summed E-state index contributed by atoms with van der Waals surface area (Å²) in [6.07, 6.45) is 3.44. The second-order valence-corrected chi connectivity index (χ2v) is 4.83. The number of carbonyl (C=O) groups is 1. The number of benzene rings is 1. The molecule has 21 heavy (non-hydrogen) atoms. The Balaban J connectivity index is 0.000000497. The smallest absolute Gasteiger partial charge is 0.122 e. The van der Waals surface area contributed by atoms with E-state index in [1.54, 1.807) is 14.2 Å². The van der Waals surface area contributed by atoms with Crippen molar-refractivity contribution in [3.8, 4) is 0 Å². The fraction of sp³-hybridized carbons (Fsp3) is 0.312. The Hall–Kier alpha value is -2.27. The van der Waals surface area contributed by atoms with Crippen LogP contribution in [0.1, 0.15) is 18.2 Å². The maximum Gasteiger partial charge on any atom is 0.122 e. The molecule has 2 heterocycles. The van der Waals surface area contributed by atoms with Gasteiger partial charge in [0.25, 0.3) is 0 Å². The number of nitrogens with zero attached hydrogens (tertiary/aromatic N) is 2. The van der Waals surface area contributed by atoms with E-state index in [2.05, 4.69) is 25.8 Å². The van der Waals surface area contributed by atoms with Gasteiger partial charge in [0.15, 0.2) is 0 Å². The molecule has 112 valence electrons. The van der Waals surface area contributed by atoms with Gasteiger partial charge < -0.3 is 14.8 Å². The van der Waals surface area contributed by atoms with E-state index in [9.17, 15) is 4.79 Å². The normalized spacial score (nSPS) is 15.8. The number of para-hydroxylation sites is 2. The van der Waals surface area contributed by atoms with Gasteiger partial charge >= 0.3 is 0 Å². The molecule has 1 atom stereocenters. The fourth-order valence-electron chi connectivity index (χ4n) is 2.47. The van der Waals surface area contributed by atoms with E-state index in [0.717, 1.165) is 23.4 Å². The van der Waals surface area contributed by atoms with Gasteiger partial charge in [0, 0.05) is 33.9 Å². The van der Waals surface area contributed by atoms with Crippen LogP contribution in [0.15, 0.2) is 42.6 Å². The summed E-state index contributed by atoms with van der Waals surface area (Å²) in [6.45, 7) is 0. The van der Waals surface area contributed by atoms with Gasteiger partial charge in [-0.1, -0.05) is 12.1 Å². The van der Waals surface area contributed by atoms with Gasteiger partial charge in [-0.25, -0.2) is 0 Å². The molecule has 5 heteroatoms. The van der Waals surface area contributed by atoms with Crippen LogP contribution in [0.3, 0.4) is 0 Å². The summed E-state index contributed by atoms with van der Waals surface area (Å²) in [5.74, 6) is 0. The van der Waals surface area contributed by atoms with Crippen molar-refractivity contribution in [2.75, 3.05) is 31.6 Å². The van der Waals surface area contributed by atoms with Crippen LogP contribution >= 0.6 is 0 Å². The molecule has 0 bridgehead atoms. The quantitative estimate of drug-likeness (QED) is 0.863. The minimum Gasteiger partial charge on any atom is -0.388 e. The zero-order valence-corrected chi connectivity index (χ0v) is 12.6. The Morgan fingerprint density at radius 2 is 1.95 bits per heavy atom. The van der Waals surface area contributed by atoms with Crippen molar-refractivity contribution in [3.05, 3.63) is 48.3 Å². The van der Waals surface area contributed by atoms with Crippen molar-refractivity contribution >= 4 is 17.7 Å². The molecule has 0 spiro atoms. The summed E-state index contributed by atoms with van der Waals surface area (Å²) < 4.78 is 6.33. The third kappa shape index (κ3) is 3.08. The molecule has 1 aliphatic rings. The van der Waals surface area contributed by atoms with Gasteiger partial charge in [0.05, 0.1) is 23.1 Å². The largest absolute Gasteiger partial charge is 0.388 e. The van der Waals surface area contributed by atoms with Crippen LogP contribution in [-0.2, 0) is 9.53 Å². The van der Waals surface area contributed by atoms with Crippen molar-refractivity contribution in [1.29, 1.82) is 0 Å². The average Bonchev–Trinajstić information content (AvgIpc) is 2.93. The van der Waals surface area contributed by atoms with Crippen molar-refractivity contribution < 1.29 is 9.53 Å². The van der Waals surface area contributed by atoms with E-state index >= 15 is 0 Å². The van der Waals surface area contributed by atoms with E-state index in [0.29, 0.717) is 6.42 Å². The van der Waals surface area contributed by atoms with Crippen LogP contribution in [0.4, 0.5) is 11.4 Å². The number of aromatic nitrogens is 1. The lowest BCUT2D eigenvalue weighted by Gasteiger charge is -2.22. The number of hydrogen-bond donors (Lipinski definition) is 1. The second-order valence-electron chi connectivity index (χ2n) is 4.83. The Bertz CT molecular complexity index is 595. The molecule has 2 aromatic rings. The number of fused-ring (bicyclic) bond motifs is 2. The van der Waals surface area contributed by atoms with E-state index in [-0.39, 0.29) is 6.04 Å². The van der Waals surface area contributed by atoms with E-state index < -0.39 is 0 Å². The van der Waals surface area contributed by atoms with Gasteiger partial charge in [0.2, 0.25) is 0 Å². The molecule has 1 aromatic carbocycles. The SMILES string of the molecule is CN1c2ccccc2NC(CC=O)c2cccn21.COC. The monoisotopic (exact) mass is 287 g/mol. The van der Waals surface area contributed by atoms with Crippen LogP contribution in [0.2, 0.25) is 0 Å². The lowest BCUT2D eigenvalue weighted by atomic mass is 10.1. The molecule has 0 radical (unpaired) electrons. The predicted octanol–water partition coefficient (Wildman–Crippen LogP) is 2.71. The number of anilines is 2. The molecule has 5 nitrogen and oxygen atoms in total. The van der Waals surface area contributed by atoms with Crippen molar-refractivity contribution in [2.45, 2.75) is 12.5 Å². The zero-order chi connectivity index (χ0) is 15.2. The van der Waals surface area contributed by atoms with Crippen LogP contribution in [0.5, 0.6) is 0 Å². The minimum absolute atomic E-state index is 0.0172. The van der Waals surface area contributed by atoms with Crippen molar-refractivity contribution in [3.63, 3.8) is 0 Å². The molecule has 1 unspecified atom stereocenters. The Labute approximate surface area is 125 Å². The Kier molecular flexibility index (Phi) is 5.00. The third-order valence-electron chi connectivity index (χ3n) is 3.35. The summed E-state index contributed by atoms with van der Waals surface area (Å²) in [6, 6.07) is 12.2. The van der Waals surface area contributed by atoms with Gasteiger partial charge in [-0.2, -0.15) is 0 Å². The van der Waals surface area contributed by atoms with Crippen LogP contribution in [0, 0.1) is 0 Å². The highest BCUT2D eigenvalue weighted by Gasteiger charge is 2.23. The minimum atomic E-state index is 0.0172. The maximum atomic E-state index is 10.8. The molecule has 0 fully saturated rings. The Morgan fingerprint density at radius 3 is 2.67 bits per heavy atom. The van der Waals surface area contributed by atoms with E-state index in [1.165, 1.54) is 0 Å². The van der Waals surface area contributed by atoms with Crippen LogP contribution in [-0.4, -0.2) is 32.2 Å². The fourth-order valence-corrected chi connectivity index (χ4v) is 2.47. The molecule has 0 saturated carbocycles. The molecule has 0 aliphatic carbocycles. The summed E-state index contributed by atoms with van der Waals surface area (Å²) in [4.78, 5) is 10.8. The molecule has 0 saturated heterocycles. The van der Waals surface area contributed by atoms with Gasteiger partial charge in [0.1, 0.15) is 6.29 Å².